The molecule has 2 N–H and O–H groups in total. The SMILES string of the molecule is Nc1cncc(N2CCN(c3ccccc3Cl)CC2)n1. The number of nitrogens with two attached hydrogens (primary N) is 1. The molecule has 1 aromatic carbocycles. The van der Waals surface area contributed by atoms with E-state index in [0.717, 1.165) is 42.7 Å². The molecule has 1 aromatic heterocycles. The zero-order valence-electron chi connectivity index (χ0n) is 11.0. The number of anilines is 3. The molecule has 5 nitrogen and oxygen atoms in total. The normalized spacial score (nSPS) is 15.4. The van der Waals surface area contributed by atoms with Gasteiger partial charge in [-0.3, -0.25) is 4.98 Å². The van der Waals surface area contributed by atoms with Gasteiger partial charge in [0.2, 0.25) is 0 Å². The lowest BCUT2D eigenvalue weighted by Crippen LogP contribution is -2.47. The molecule has 0 amide bonds. The maximum Gasteiger partial charge on any atom is 0.149 e. The fourth-order valence-corrected chi connectivity index (χ4v) is 2.66. The molecule has 0 aliphatic carbocycles. The number of nitrogens with zero attached hydrogens (tertiary/aromatic N) is 4. The molecular formula is C14H16ClN5. The molecule has 20 heavy (non-hydrogen) atoms. The number of para-hydroxylation sites is 1. The Morgan fingerprint density at radius 1 is 1.00 bits per heavy atom. The number of aromatic nitrogens is 2. The quantitative estimate of drug-likeness (QED) is 0.917. The molecule has 0 bridgehead atoms. The molecule has 2 heterocycles. The van der Waals surface area contributed by atoms with Gasteiger partial charge in [-0.25, -0.2) is 4.98 Å². The van der Waals surface area contributed by atoms with Crippen LogP contribution in [-0.4, -0.2) is 36.1 Å². The molecule has 0 unspecified atom stereocenters. The van der Waals surface area contributed by atoms with Crippen LogP contribution in [0.25, 0.3) is 0 Å². The van der Waals surface area contributed by atoms with Crippen molar-refractivity contribution in [1.82, 2.24) is 9.97 Å². The summed E-state index contributed by atoms with van der Waals surface area (Å²) in [4.78, 5) is 12.9. The minimum absolute atomic E-state index is 0.455. The van der Waals surface area contributed by atoms with Gasteiger partial charge in [-0.2, -0.15) is 0 Å². The number of halogens is 1. The van der Waals surface area contributed by atoms with Crippen molar-refractivity contribution >= 4 is 28.9 Å². The molecule has 0 atom stereocenters. The molecule has 0 saturated carbocycles. The van der Waals surface area contributed by atoms with Crippen molar-refractivity contribution in [3.8, 4) is 0 Å². The van der Waals surface area contributed by atoms with E-state index in [1.54, 1.807) is 12.4 Å². The maximum absolute atomic E-state index is 6.24. The summed E-state index contributed by atoms with van der Waals surface area (Å²) in [7, 11) is 0. The van der Waals surface area contributed by atoms with Crippen molar-refractivity contribution in [2.45, 2.75) is 0 Å². The molecule has 1 aliphatic heterocycles. The van der Waals surface area contributed by atoms with Crippen LogP contribution in [0.2, 0.25) is 5.02 Å². The van der Waals surface area contributed by atoms with Gasteiger partial charge in [0.05, 0.1) is 23.1 Å². The van der Waals surface area contributed by atoms with Gasteiger partial charge in [0.25, 0.3) is 0 Å². The molecule has 1 fully saturated rings. The molecule has 6 heteroatoms. The predicted octanol–water partition coefficient (Wildman–Crippen LogP) is 2.04. The molecule has 1 aliphatic rings. The van der Waals surface area contributed by atoms with Crippen LogP contribution in [-0.2, 0) is 0 Å². The highest BCUT2D eigenvalue weighted by atomic mass is 35.5. The highest BCUT2D eigenvalue weighted by molar-refractivity contribution is 6.33. The lowest BCUT2D eigenvalue weighted by atomic mass is 10.2. The lowest BCUT2D eigenvalue weighted by Gasteiger charge is -2.36. The number of nitrogen functional groups attached to an aromatic ring is 1. The van der Waals surface area contributed by atoms with Gasteiger partial charge in [0, 0.05) is 26.2 Å². The second-order valence-corrected chi connectivity index (χ2v) is 5.13. The van der Waals surface area contributed by atoms with Crippen LogP contribution in [0.15, 0.2) is 36.7 Å². The summed E-state index contributed by atoms with van der Waals surface area (Å²) in [5, 5.41) is 0.796. The molecule has 2 aromatic rings. The first-order valence-corrected chi connectivity index (χ1v) is 6.94. The molecule has 0 radical (unpaired) electrons. The summed E-state index contributed by atoms with van der Waals surface area (Å²) >= 11 is 6.24. The third kappa shape index (κ3) is 2.63. The first kappa shape index (κ1) is 13.0. The monoisotopic (exact) mass is 289 g/mol. The van der Waals surface area contributed by atoms with Crippen molar-refractivity contribution < 1.29 is 0 Å². The maximum atomic E-state index is 6.24. The lowest BCUT2D eigenvalue weighted by molar-refractivity contribution is 0.647. The van der Waals surface area contributed by atoms with Crippen LogP contribution in [0.1, 0.15) is 0 Å². The van der Waals surface area contributed by atoms with Gasteiger partial charge < -0.3 is 15.5 Å². The van der Waals surface area contributed by atoms with Crippen LogP contribution in [0.4, 0.5) is 17.3 Å². The van der Waals surface area contributed by atoms with Crippen molar-refractivity contribution in [3.05, 3.63) is 41.7 Å². The Hall–Kier alpha value is -2.01. The zero-order chi connectivity index (χ0) is 13.9. The smallest absolute Gasteiger partial charge is 0.149 e. The minimum atomic E-state index is 0.455. The summed E-state index contributed by atoms with van der Waals surface area (Å²) in [6.07, 6.45) is 3.31. The summed E-state index contributed by atoms with van der Waals surface area (Å²) in [6, 6.07) is 7.94. The van der Waals surface area contributed by atoms with Gasteiger partial charge in [-0.15, -0.1) is 0 Å². The molecule has 1 saturated heterocycles. The summed E-state index contributed by atoms with van der Waals surface area (Å²) in [6.45, 7) is 3.56. The molecule has 3 rings (SSSR count). The van der Waals surface area contributed by atoms with E-state index < -0.39 is 0 Å². The van der Waals surface area contributed by atoms with E-state index in [2.05, 4.69) is 25.8 Å². The standard InChI is InChI=1S/C14H16ClN5/c15-11-3-1-2-4-12(11)19-5-7-20(8-6-19)14-10-17-9-13(16)18-14/h1-4,9-10H,5-8H2,(H2,16,18). The second-order valence-electron chi connectivity index (χ2n) is 4.73. The van der Waals surface area contributed by atoms with E-state index in [0.29, 0.717) is 5.82 Å². The van der Waals surface area contributed by atoms with E-state index in [1.165, 1.54) is 0 Å². The molecule has 104 valence electrons. The van der Waals surface area contributed by atoms with E-state index >= 15 is 0 Å². The van der Waals surface area contributed by atoms with Crippen molar-refractivity contribution in [1.29, 1.82) is 0 Å². The highest BCUT2D eigenvalue weighted by Crippen LogP contribution is 2.26. The number of rotatable bonds is 2. The van der Waals surface area contributed by atoms with Crippen molar-refractivity contribution in [3.63, 3.8) is 0 Å². The average Bonchev–Trinajstić information content (AvgIpc) is 2.48. The Balaban J connectivity index is 1.70. The van der Waals surface area contributed by atoms with Gasteiger partial charge in [0.15, 0.2) is 0 Å². The Bertz CT molecular complexity index is 596. The van der Waals surface area contributed by atoms with E-state index in [1.807, 2.05) is 18.2 Å². The van der Waals surface area contributed by atoms with Crippen LogP contribution < -0.4 is 15.5 Å². The summed E-state index contributed by atoms with van der Waals surface area (Å²) in [5.41, 5.74) is 6.77. The number of piperazine rings is 1. The Labute approximate surface area is 123 Å². The van der Waals surface area contributed by atoms with Crippen LogP contribution >= 0.6 is 11.6 Å². The van der Waals surface area contributed by atoms with Gasteiger partial charge in [-0.1, -0.05) is 23.7 Å². The van der Waals surface area contributed by atoms with E-state index in [4.69, 9.17) is 17.3 Å². The fourth-order valence-electron chi connectivity index (χ4n) is 2.41. The average molecular weight is 290 g/mol. The molecular weight excluding hydrogens is 274 g/mol. The minimum Gasteiger partial charge on any atom is -0.382 e. The van der Waals surface area contributed by atoms with Gasteiger partial charge >= 0.3 is 0 Å². The van der Waals surface area contributed by atoms with Crippen molar-refractivity contribution in [2.75, 3.05) is 41.7 Å². The van der Waals surface area contributed by atoms with E-state index in [9.17, 15) is 0 Å². The Morgan fingerprint density at radius 2 is 1.70 bits per heavy atom. The van der Waals surface area contributed by atoms with Crippen LogP contribution in [0.5, 0.6) is 0 Å². The summed E-state index contributed by atoms with van der Waals surface area (Å²) < 4.78 is 0. The van der Waals surface area contributed by atoms with Crippen LogP contribution in [0, 0.1) is 0 Å². The first-order valence-electron chi connectivity index (χ1n) is 6.56. The number of hydrogen-bond acceptors (Lipinski definition) is 5. The number of benzene rings is 1. The second kappa shape index (κ2) is 5.54. The van der Waals surface area contributed by atoms with Crippen LogP contribution in [0.3, 0.4) is 0 Å². The van der Waals surface area contributed by atoms with Gasteiger partial charge in [-0.05, 0) is 12.1 Å². The predicted molar refractivity (Wildman–Crippen MR) is 82.3 cm³/mol. The van der Waals surface area contributed by atoms with Gasteiger partial charge in [0.1, 0.15) is 11.6 Å². The van der Waals surface area contributed by atoms with E-state index in [-0.39, 0.29) is 0 Å². The largest absolute Gasteiger partial charge is 0.382 e. The topological polar surface area (TPSA) is 58.3 Å². The molecule has 0 spiro atoms. The Morgan fingerprint density at radius 3 is 2.40 bits per heavy atom. The van der Waals surface area contributed by atoms with Crippen molar-refractivity contribution in [2.24, 2.45) is 0 Å². The fraction of sp³-hybridized carbons (Fsp3) is 0.286. The third-order valence-electron chi connectivity index (χ3n) is 3.44. The first-order chi connectivity index (χ1) is 9.74. The Kier molecular flexibility index (Phi) is 3.60. The third-order valence-corrected chi connectivity index (χ3v) is 3.76. The highest BCUT2D eigenvalue weighted by Gasteiger charge is 2.19. The summed E-state index contributed by atoms with van der Waals surface area (Å²) in [5.74, 6) is 1.29. The zero-order valence-corrected chi connectivity index (χ0v) is 11.8. The number of hydrogen-bond donors (Lipinski definition) is 1.